The molecule has 1 fully saturated rings. The summed E-state index contributed by atoms with van der Waals surface area (Å²) in [6.07, 6.45) is 4.17. The summed E-state index contributed by atoms with van der Waals surface area (Å²) >= 11 is 0. The van der Waals surface area contributed by atoms with Crippen LogP contribution in [0.2, 0.25) is 0 Å². The topological polar surface area (TPSA) is 87.5 Å². The molecule has 178 valence electrons. The molecule has 1 aliphatic carbocycles. The van der Waals surface area contributed by atoms with Gasteiger partial charge in [0.2, 0.25) is 0 Å². The molecule has 3 aromatic rings. The Labute approximate surface area is 203 Å². The molecule has 0 unspecified atom stereocenters. The fraction of sp³-hybridized carbons (Fsp3) is 0.259. The second-order valence-electron chi connectivity index (χ2n) is 9.31. The van der Waals surface area contributed by atoms with Crippen LogP contribution in [0.15, 0.2) is 67.1 Å². The van der Waals surface area contributed by atoms with E-state index in [0.29, 0.717) is 18.0 Å². The maximum atomic E-state index is 13.2. The summed E-state index contributed by atoms with van der Waals surface area (Å²) in [6.45, 7) is 8.42. The first-order chi connectivity index (χ1) is 16.7. The van der Waals surface area contributed by atoms with Gasteiger partial charge in [0.1, 0.15) is 5.70 Å². The van der Waals surface area contributed by atoms with Crippen molar-refractivity contribution in [2.24, 2.45) is 13.0 Å². The van der Waals surface area contributed by atoms with E-state index in [1.54, 1.807) is 22.7 Å². The molecular formula is C27H27N5O3. The predicted molar refractivity (Wildman–Crippen MR) is 133 cm³/mol. The number of benzene rings is 2. The van der Waals surface area contributed by atoms with Crippen molar-refractivity contribution in [1.29, 1.82) is 0 Å². The molecule has 5 rings (SSSR count). The van der Waals surface area contributed by atoms with Crippen molar-refractivity contribution < 1.29 is 14.4 Å². The van der Waals surface area contributed by atoms with Crippen LogP contribution in [0.4, 0.5) is 0 Å². The number of carbonyl (C=O) groups is 3. The van der Waals surface area contributed by atoms with Crippen LogP contribution in [-0.2, 0) is 23.2 Å². The zero-order valence-corrected chi connectivity index (χ0v) is 19.9. The Bertz CT molecular complexity index is 1420. The van der Waals surface area contributed by atoms with Crippen molar-refractivity contribution >= 4 is 28.6 Å². The minimum atomic E-state index is -0.623. The molecule has 0 saturated heterocycles. The monoisotopic (exact) mass is 469 g/mol. The molecule has 1 saturated carbocycles. The van der Waals surface area contributed by atoms with Crippen LogP contribution in [0.3, 0.4) is 0 Å². The molecule has 0 atom stereocenters. The number of aryl methyl sites for hydroxylation is 1. The molecule has 8 heteroatoms. The summed E-state index contributed by atoms with van der Waals surface area (Å²) in [4.78, 5) is 41.5. The number of hydrogen-bond donors (Lipinski definition) is 1. The van der Waals surface area contributed by atoms with Gasteiger partial charge in [-0.15, -0.1) is 0 Å². The third-order valence-electron chi connectivity index (χ3n) is 6.58. The van der Waals surface area contributed by atoms with E-state index in [4.69, 9.17) is 0 Å². The van der Waals surface area contributed by atoms with E-state index in [9.17, 15) is 14.4 Å². The number of carbonyl (C=O) groups excluding carboxylic acids is 3. The molecule has 1 aromatic heterocycles. The van der Waals surface area contributed by atoms with E-state index in [1.807, 2.05) is 43.6 Å². The van der Waals surface area contributed by atoms with Crippen molar-refractivity contribution in [3.05, 3.63) is 78.3 Å². The lowest BCUT2D eigenvalue weighted by molar-refractivity contribution is -0.128. The Morgan fingerprint density at radius 3 is 2.66 bits per heavy atom. The van der Waals surface area contributed by atoms with Crippen molar-refractivity contribution in [1.82, 2.24) is 24.9 Å². The van der Waals surface area contributed by atoms with E-state index in [2.05, 4.69) is 23.6 Å². The quantitative estimate of drug-likeness (QED) is 0.539. The molecule has 1 N–H and O–H groups in total. The first kappa shape index (κ1) is 22.6. The molecule has 0 radical (unpaired) electrons. The highest BCUT2D eigenvalue weighted by molar-refractivity contribution is 6.08. The van der Waals surface area contributed by atoms with Gasteiger partial charge < -0.3 is 10.2 Å². The Kier molecular flexibility index (Phi) is 5.51. The molecular weight excluding hydrogens is 442 g/mol. The van der Waals surface area contributed by atoms with E-state index in [1.165, 1.54) is 4.90 Å². The number of aromatic nitrogens is 2. The Morgan fingerprint density at radius 1 is 1.17 bits per heavy atom. The highest BCUT2D eigenvalue weighted by Crippen LogP contribution is 2.35. The smallest absolute Gasteiger partial charge is 0.271 e. The standard InChI is InChI=1S/C27H27N5O3/c1-16(26(34)30(3)13-18-8-9-18)28-25(33)17(2)32-15-23-21(6-5-7-22(23)27(32)35)19-10-11-24-20(12-19)14-31(4)29-24/h5-7,10-12,14,18H,1-2,8-9,13,15H2,3-4H3,(H,28,33). The SMILES string of the molecule is C=C(NC(=O)C(=C)N1Cc2c(cccc2-c2ccc3nn(C)cc3c2)C1=O)C(=O)N(C)CC1CC1. The lowest BCUT2D eigenvalue weighted by Gasteiger charge is -2.21. The number of hydrogen-bond acceptors (Lipinski definition) is 4. The van der Waals surface area contributed by atoms with E-state index < -0.39 is 5.91 Å². The van der Waals surface area contributed by atoms with Crippen molar-refractivity contribution in [2.75, 3.05) is 13.6 Å². The maximum Gasteiger partial charge on any atom is 0.271 e. The van der Waals surface area contributed by atoms with Gasteiger partial charge >= 0.3 is 0 Å². The van der Waals surface area contributed by atoms with Crippen LogP contribution in [0.25, 0.3) is 22.0 Å². The molecule has 2 aliphatic rings. The highest BCUT2D eigenvalue weighted by Gasteiger charge is 2.34. The van der Waals surface area contributed by atoms with Crippen LogP contribution >= 0.6 is 0 Å². The van der Waals surface area contributed by atoms with Crippen LogP contribution in [0.1, 0.15) is 28.8 Å². The van der Waals surface area contributed by atoms with Gasteiger partial charge in [0.15, 0.2) is 0 Å². The zero-order valence-electron chi connectivity index (χ0n) is 19.9. The molecule has 0 spiro atoms. The predicted octanol–water partition coefficient (Wildman–Crippen LogP) is 3.21. The van der Waals surface area contributed by atoms with Gasteiger partial charge in [-0.2, -0.15) is 5.10 Å². The third kappa shape index (κ3) is 4.23. The molecule has 2 heterocycles. The second-order valence-corrected chi connectivity index (χ2v) is 9.31. The first-order valence-electron chi connectivity index (χ1n) is 11.5. The largest absolute Gasteiger partial charge is 0.340 e. The number of nitrogens with zero attached hydrogens (tertiary/aromatic N) is 4. The lowest BCUT2D eigenvalue weighted by atomic mass is 9.96. The maximum absolute atomic E-state index is 13.2. The number of nitrogens with one attached hydrogen (secondary N) is 1. The van der Waals surface area contributed by atoms with E-state index >= 15 is 0 Å². The van der Waals surface area contributed by atoms with Crippen LogP contribution in [-0.4, -0.2) is 50.9 Å². The average molecular weight is 470 g/mol. The highest BCUT2D eigenvalue weighted by atomic mass is 16.2. The van der Waals surface area contributed by atoms with Gasteiger partial charge in [-0.1, -0.05) is 31.4 Å². The Morgan fingerprint density at radius 2 is 1.91 bits per heavy atom. The molecule has 0 bridgehead atoms. The lowest BCUT2D eigenvalue weighted by Crippen LogP contribution is -2.39. The van der Waals surface area contributed by atoms with Crippen molar-refractivity contribution in [3.8, 4) is 11.1 Å². The van der Waals surface area contributed by atoms with Gasteiger partial charge in [-0.3, -0.25) is 24.0 Å². The van der Waals surface area contributed by atoms with Crippen LogP contribution in [0, 0.1) is 5.92 Å². The Balaban J connectivity index is 1.33. The van der Waals surface area contributed by atoms with Gasteiger partial charge in [0.05, 0.1) is 17.8 Å². The molecule has 3 amide bonds. The summed E-state index contributed by atoms with van der Waals surface area (Å²) in [5.41, 5.74) is 4.07. The van der Waals surface area contributed by atoms with Crippen LogP contribution < -0.4 is 5.32 Å². The Hall–Kier alpha value is -4.20. The molecule has 8 nitrogen and oxygen atoms in total. The average Bonchev–Trinajstić information content (AvgIpc) is 3.47. The zero-order chi connectivity index (χ0) is 24.9. The summed E-state index contributed by atoms with van der Waals surface area (Å²) in [5.74, 6) is -0.742. The van der Waals surface area contributed by atoms with Gasteiger partial charge in [0.25, 0.3) is 17.7 Å². The summed E-state index contributed by atoms with van der Waals surface area (Å²) in [5, 5.41) is 7.94. The minimum Gasteiger partial charge on any atom is -0.340 e. The second kappa shape index (κ2) is 8.54. The summed E-state index contributed by atoms with van der Waals surface area (Å²) in [6, 6.07) is 11.5. The fourth-order valence-electron chi connectivity index (χ4n) is 4.52. The third-order valence-corrected chi connectivity index (χ3v) is 6.58. The molecule has 1 aliphatic heterocycles. The fourth-order valence-corrected chi connectivity index (χ4v) is 4.52. The first-order valence-corrected chi connectivity index (χ1v) is 11.5. The number of fused-ring (bicyclic) bond motifs is 2. The van der Waals surface area contributed by atoms with Gasteiger partial charge in [0, 0.05) is 37.8 Å². The minimum absolute atomic E-state index is 0.0290. The molecule has 2 aromatic carbocycles. The van der Waals surface area contributed by atoms with Crippen LogP contribution in [0.5, 0.6) is 0 Å². The number of rotatable bonds is 7. The van der Waals surface area contributed by atoms with Crippen molar-refractivity contribution in [2.45, 2.75) is 19.4 Å². The van der Waals surface area contributed by atoms with E-state index in [-0.39, 0.29) is 29.8 Å². The van der Waals surface area contributed by atoms with Crippen molar-refractivity contribution in [3.63, 3.8) is 0 Å². The number of amides is 3. The summed E-state index contributed by atoms with van der Waals surface area (Å²) < 4.78 is 1.76. The number of likely N-dealkylation sites (N-methyl/N-ethyl adjacent to an activating group) is 1. The summed E-state index contributed by atoms with van der Waals surface area (Å²) in [7, 11) is 3.57. The molecule has 35 heavy (non-hydrogen) atoms. The normalized spacial score (nSPS) is 14.7. The van der Waals surface area contributed by atoms with Gasteiger partial charge in [-0.05, 0) is 53.6 Å². The van der Waals surface area contributed by atoms with Gasteiger partial charge in [-0.25, -0.2) is 0 Å². The van der Waals surface area contributed by atoms with E-state index in [0.717, 1.165) is 40.4 Å².